The number of carbonyl (C=O) groups is 1. The number of halogens is 2. The summed E-state index contributed by atoms with van der Waals surface area (Å²) in [6, 6.07) is 8.01. The lowest BCUT2D eigenvalue weighted by Crippen LogP contribution is -2.15. The van der Waals surface area contributed by atoms with Crippen molar-refractivity contribution in [2.45, 2.75) is 19.5 Å². The Morgan fingerprint density at radius 3 is 2.92 bits per heavy atom. The van der Waals surface area contributed by atoms with Crippen LogP contribution in [0.2, 0.25) is 5.02 Å². The molecule has 0 saturated carbocycles. The van der Waals surface area contributed by atoms with E-state index in [1.165, 1.54) is 18.3 Å². The monoisotopic (exact) mass is 347 g/mol. The minimum Gasteiger partial charge on any atom is -0.309 e. The van der Waals surface area contributed by atoms with E-state index in [2.05, 4.69) is 15.5 Å². The summed E-state index contributed by atoms with van der Waals surface area (Å²) >= 11 is 5.76. The van der Waals surface area contributed by atoms with Crippen LogP contribution in [0.5, 0.6) is 0 Å². The molecule has 0 bridgehead atoms. The van der Waals surface area contributed by atoms with Crippen LogP contribution >= 0.6 is 11.6 Å². The highest BCUT2D eigenvalue weighted by atomic mass is 35.5. The summed E-state index contributed by atoms with van der Waals surface area (Å²) in [5.41, 5.74) is 0.798. The molecule has 6 nitrogen and oxygen atoms in total. The maximum absolute atomic E-state index is 13.2. The number of aromatic nitrogens is 4. The van der Waals surface area contributed by atoms with Crippen LogP contribution in [-0.4, -0.2) is 25.5 Å². The van der Waals surface area contributed by atoms with Crippen LogP contribution in [0.3, 0.4) is 0 Å². The number of hydrogen-bond acceptors (Lipinski definition) is 3. The Balaban J connectivity index is 1.52. The zero-order chi connectivity index (χ0) is 16.9. The fourth-order valence-electron chi connectivity index (χ4n) is 2.22. The highest BCUT2D eigenvalue weighted by molar-refractivity contribution is 6.30. The molecule has 24 heavy (non-hydrogen) atoms. The third-order valence-electron chi connectivity index (χ3n) is 3.31. The largest absolute Gasteiger partial charge is 0.309 e. The molecule has 1 N–H and O–H groups in total. The van der Waals surface area contributed by atoms with E-state index in [1.807, 2.05) is 6.07 Å². The molecule has 124 valence electrons. The molecule has 0 unspecified atom stereocenters. The smallest absolute Gasteiger partial charge is 0.227 e. The van der Waals surface area contributed by atoms with E-state index < -0.39 is 0 Å². The zero-order valence-electron chi connectivity index (χ0n) is 12.7. The van der Waals surface area contributed by atoms with Gasteiger partial charge in [0.15, 0.2) is 5.82 Å². The lowest BCUT2D eigenvalue weighted by atomic mass is 10.2. The highest BCUT2D eigenvalue weighted by Gasteiger charge is 2.07. The zero-order valence-corrected chi connectivity index (χ0v) is 13.4. The summed E-state index contributed by atoms with van der Waals surface area (Å²) in [6.07, 6.45) is 5.17. The van der Waals surface area contributed by atoms with E-state index in [1.54, 1.807) is 33.9 Å². The molecule has 0 fully saturated rings. The van der Waals surface area contributed by atoms with Gasteiger partial charge in [0.1, 0.15) is 5.82 Å². The summed E-state index contributed by atoms with van der Waals surface area (Å²) in [5, 5.41) is 11.5. The minimum absolute atomic E-state index is 0.169. The second kappa shape index (κ2) is 7.27. The van der Waals surface area contributed by atoms with Crippen molar-refractivity contribution in [3.63, 3.8) is 0 Å². The number of anilines is 1. The van der Waals surface area contributed by atoms with Crippen molar-refractivity contribution in [3.8, 4) is 0 Å². The van der Waals surface area contributed by atoms with Gasteiger partial charge in [0, 0.05) is 31.4 Å². The predicted octanol–water partition coefficient (Wildman–Crippen LogP) is 2.95. The third kappa shape index (κ3) is 4.42. The van der Waals surface area contributed by atoms with Crippen LogP contribution in [0.15, 0.2) is 48.9 Å². The number of benzene rings is 1. The van der Waals surface area contributed by atoms with Crippen molar-refractivity contribution in [2.24, 2.45) is 0 Å². The molecule has 0 atom stereocenters. The Labute approximate surface area is 142 Å². The Morgan fingerprint density at radius 2 is 2.17 bits per heavy atom. The molecule has 2 heterocycles. The first-order valence-corrected chi connectivity index (χ1v) is 7.72. The average molecular weight is 348 g/mol. The van der Waals surface area contributed by atoms with Crippen LogP contribution in [-0.2, 0) is 17.9 Å². The van der Waals surface area contributed by atoms with E-state index in [4.69, 9.17) is 11.6 Å². The summed E-state index contributed by atoms with van der Waals surface area (Å²) in [6.45, 7) is 0.863. The SMILES string of the molecule is O=C(CCn1cc(Cl)cn1)Nc1ccn(Cc2cccc(F)c2)n1. The van der Waals surface area contributed by atoms with Gasteiger partial charge in [0.05, 0.1) is 17.8 Å². The fraction of sp³-hybridized carbons (Fsp3) is 0.188. The molecule has 1 amide bonds. The van der Waals surface area contributed by atoms with E-state index in [9.17, 15) is 9.18 Å². The van der Waals surface area contributed by atoms with Crippen molar-refractivity contribution >= 4 is 23.3 Å². The standard InChI is InChI=1S/C16H15ClFN5O/c17-13-9-19-22(11-13)7-5-16(24)20-15-4-6-23(21-15)10-12-2-1-3-14(18)8-12/h1-4,6,8-9,11H,5,7,10H2,(H,20,21,24). The predicted molar refractivity (Wildman–Crippen MR) is 88.2 cm³/mol. The van der Waals surface area contributed by atoms with E-state index in [0.29, 0.717) is 23.9 Å². The highest BCUT2D eigenvalue weighted by Crippen LogP contribution is 2.09. The van der Waals surface area contributed by atoms with Gasteiger partial charge in [0.25, 0.3) is 0 Å². The van der Waals surface area contributed by atoms with Gasteiger partial charge >= 0.3 is 0 Å². The van der Waals surface area contributed by atoms with Gasteiger partial charge in [-0.2, -0.15) is 10.2 Å². The minimum atomic E-state index is -0.285. The molecule has 8 heteroatoms. The van der Waals surface area contributed by atoms with Gasteiger partial charge in [0.2, 0.25) is 5.91 Å². The first-order valence-electron chi connectivity index (χ1n) is 7.34. The quantitative estimate of drug-likeness (QED) is 0.745. The fourth-order valence-corrected chi connectivity index (χ4v) is 2.38. The molecule has 3 rings (SSSR count). The second-order valence-corrected chi connectivity index (χ2v) is 5.68. The number of hydrogen-bond donors (Lipinski definition) is 1. The topological polar surface area (TPSA) is 64.7 Å². The maximum Gasteiger partial charge on any atom is 0.227 e. The Hall–Kier alpha value is -2.67. The van der Waals surface area contributed by atoms with Gasteiger partial charge in [-0.15, -0.1) is 0 Å². The summed E-state index contributed by atoms with van der Waals surface area (Å²) < 4.78 is 16.4. The molecule has 0 aliphatic carbocycles. The van der Waals surface area contributed by atoms with Crippen molar-refractivity contribution < 1.29 is 9.18 Å². The van der Waals surface area contributed by atoms with E-state index >= 15 is 0 Å². The lowest BCUT2D eigenvalue weighted by molar-refractivity contribution is -0.116. The van der Waals surface area contributed by atoms with Gasteiger partial charge in [-0.25, -0.2) is 4.39 Å². The molecule has 0 saturated heterocycles. The van der Waals surface area contributed by atoms with Crippen LogP contribution in [0.4, 0.5) is 10.2 Å². The van der Waals surface area contributed by atoms with E-state index in [-0.39, 0.29) is 18.1 Å². The van der Waals surface area contributed by atoms with Crippen molar-refractivity contribution in [1.29, 1.82) is 0 Å². The third-order valence-corrected chi connectivity index (χ3v) is 3.51. The summed E-state index contributed by atoms with van der Waals surface area (Å²) in [5.74, 6) is -0.000522. The first kappa shape index (κ1) is 16.2. The van der Waals surface area contributed by atoms with Crippen LogP contribution in [0, 0.1) is 5.82 Å². The molecule has 0 spiro atoms. The van der Waals surface area contributed by atoms with Crippen molar-refractivity contribution in [2.75, 3.05) is 5.32 Å². The van der Waals surface area contributed by atoms with Crippen LogP contribution in [0.25, 0.3) is 0 Å². The second-order valence-electron chi connectivity index (χ2n) is 5.25. The van der Waals surface area contributed by atoms with Crippen molar-refractivity contribution in [3.05, 3.63) is 65.3 Å². The average Bonchev–Trinajstić information content (AvgIpc) is 3.14. The summed E-state index contributed by atoms with van der Waals surface area (Å²) in [4.78, 5) is 11.9. The molecular weight excluding hydrogens is 333 g/mol. The molecule has 3 aromatic rings. The molecular formula is C16H15ClFN5O. The Kier molecular flexibility index (Phi) is 4.90. The molecule has 0 aliphatic heterocycles. The number of aryl methyl sites for hydroxylation is 1. The van der Waals surface area contributed by atoms with E-state index in [0.717, 1.165) is 5.56 Å². The van der Waals surface area contributed by atoms with Gasteiger partial charge in [-0.1, -0.05) is 23.7 Å². The molecule has 0 radical (unpaired) electrons. The molecule has 1 aromatic carbocycles. The van der Waals surface area contributed by atoms with Gasteiger partial charge in [-0.05, 0) is 17.7 Å². The number of rotatable bonds is 6. The Bertz CT molecular complexity index is 844. The number of nitrogens with zero attached hydrogens (tertiary/aromatic N) is 4. The van der Waals surface area contributed by atoms with Gasteiger partial charge in [-0.3, -0.25) is 14.2 Å². The normalized spacial score (nSPS) is 10.8. The maximum atomic E-state index is 13.2. The number of amides is 1. The van der Waals surface area contributed by atoms with Gasteiger partial charge < -0.3 is 5.32 Å². The Morgan fingerprint density at radius 1 is 1.29 bits per heavy atom. The van der Waals surface area contributed by atoms with Crippen LogP contribution < -0.4 is 5.32 Å². The number of carbonyl (C=O) groups excluding carboxylic acids is 1. The lowest BCUT2D eigenvalue weighted by Gasteiger charge is -2.04. The first-order chi connectivity index (χ1) is 11.6. The van der Waals surface area contributed by atoms with Crippen LogP contribution in [0.1, 0.15) is 12.0 Å². The van der Waals surface area contributed by atoms with Crippen molar-refractivity contribution in [1.82, 2.24) is 19.6 Å². The molecule has 0 aliphatic rings. The summed E-state index contributed by atoms with van der Waals surface area (Å²) in [7, 11) is 0. The molecule has 2 aromatic heterocycles. The number of nitrogens with one attached hydrogen (secondary N) is 1.